The van der Waals surface area contributed by atoms with E-state index in [2.05, 4.69) is 107 Å². The van der Waals surface area contributed by atoms with Crippen LogP contribution in [0, 0.1) is 33.6 Å². The van der Waals surface area contributed by atoms with Crippen LogP contribution in [-0.4, -0.2) is 51.0 Å². The Morgan fingerprint density at radius 1 is 0.820 bits per heavy atom. The molecule has 0 radical (unpaired) electrons. The zero-order valence-electron chi connectivity index (χ0n) is 32.3. The van der Waals surface area contributed by atoms with E-state index in [1.807, 2.05) is 58.6 Å². The summed E-state index contributed by atoms with van der Waals surface area (Å²) in [5, 5.41) is 9.99. The van der Waals surface area contributed by atoms with Gasteiger partial charge in [0.15, 0.2) is 0 Å². The van der Waals surface area contributed by atoms with E-state index in [0.717, 1.165) is 42.9 Å². The van der Waals surface area contributed by atoms with Crippen LogP contribution in [0.2, 0.25) is 0 Å². The predicted octanol–water partition coefficient (Wildman–Crippen LogP) is 9.08. The molecule has 50 heavy (non-hydrogen) atoms. The van der Waals surface area contributed by atoms with E-state index in [1.165, 1.54) is 33.4 Å². The molecule has 3 aromatic rings. The third kappa shape index (κ3) is 20.8. The van der Waals surface area contributed by atoms with Gasteiger partial charge in [-0.2, -0.15) is 0 Å². The molecule has 0 spiro atoms. The molecule has 2 atom stereocenters. The number of likely N-dealkylation sites (N-methyl/N-ethyl adjacent to an activating group) is 1. The van der Waals surface area contributed by atoms with Crippen LogP contribution < -0.4 is 5.32 Å². The second kappa shape index (κ2) is 31.7. The molecule has 0 aromatic heterocycles. The Hall–Kier alpha value is -4.52. The highest BCUT2D eigenvalue weighted by atomic mass is 16.2. The SMILES string of the molecule is C=C/C=C(\C=C/C)CC.C=O.C=O.CCC(=O)C(C)Cc1cccc(-c2ccc(CC(C=O)NC)cc2)c1.CO.Cc1cc(C)c(C)c(C)c1. The van der Waals surface area contributed by atoms with Crippen molar-refractivity contribution in [3.8, 4) is 11.1 Å². The molecule has 0 saturated heterocycles. The minimum absolute atomic E-state index is 0.0597. The molecule has 2 N–H and O–H groups in total. The van der Waals surface area contributed by atoms with Gasteiger partial charge in [0.25, 0.3) is 0 Å². The number of Topliss-reactive ketones (excluding diaryl/α,β-unsaturated/α-hetero) is 1. The van der Waals surface area contributed by atoms with Crippen LogP contribution in [0.1, 0.15) is 73.9 Å². The highest BCUT2D eigenvalue weighted by molar-refractivity contribution is 5.80. The molecule has 0 bridgehead atoms. The lowest BCUT2D eigenvalue weighted by atomic mass is 9.93. The lowest BCUT2D eigenvalue weighted by Crippen LogP contribution is -2.28. The van der Waals surface area contributed by atoms with Gasteiger partial charge in [-0.15, -0.1) is 0 Å². The number of aliphatic hydroxyl groups excluding tert-OH is 1. The summed E-state index contributed by atoms with van der Waals surface area (Å²) >= 11 is 0. The normalized spacial score (nSPS) is 11.1. The van der Waals surface area contributed by atoms with Crippen molar-refractivity contribution in [2.45, 2.75) is 87.1 Å². The first-order valence-corrected chi connectivity index (χ1v) is 16.9. The number of carbonyl (C=O) groups excluding carboxylic acids is 4. The lowest BCUT2D eigenvalue weighted by Gasteiger charge is -2.12. The molecule has 0 heterocycles. The van der Waals surface area contributed by atoms with Crippen molar-refractivity contribution < 1.29 is 24.3 Å². The molecule has 0 amide bonds. The van der Waals surface area contributed by atoms with Gasteiger partial charge in [0.1, 0.15) is 25.6 Å². The summed E-state index contributed by atoms with van der Waals surface area (Å²) in [5.41, 5.74) is 11.5. The van der Waals surface area contributed by atoms with Gasteiger partial charge in [-0.05, 0) is 105 Å². The van der Waals surface area contributed by atoms with Crippen molar-refractivity contribution in [1.29, 1.82) is 0 Å². The van der Waals surface area contributed by atoms with Gasteiger partial charge >= 0.3 is 0 Å². The average molecular weight is 686 g/mol. The molecule has 0 saturated carbocycles. The van der Waals surface area contributed by atoms with Crippen LogP contribution in [0.5, 0.6) is 0 Å². The van der Waals surface area contributed by atoms with E-state index in [4.69, 9.17) is 14.7 Å². The second-order valence-electron chi connectivity index (χ2n) is 11.4. The first-order chi connectivity index (χ1) is 24.0. The highest BCUT2D eigenvalue weighted by Crippen LogP contribution is 2.23. The van der Waals surface area contributed by atoms with Crippen molar-refractivity contribution >= 4 is 25.6 Å². The molecule has 0 aliphatic carbocycles. The van der Waals surface area contributed by atoms with Crippen molar-refractivity contribution in [2.24, 2.45) is 5.92 Å². The number of ketones is 1. The van der Waals surface area contributed by atoms with Crippen molar-refractivity contribution in [2.75, 3.05) is 14.2 Å². The standard InChI is InChI=1S/C22H27NO2.C10H14.C9H14.CH4O.2CH2O/c1-4-22(25)16(2)12-18-6-5-7-20(13-18)19-10-8-17(9-11-19)14-21(15-24)23-3;1-7-5-8(2)10(4)9(3)6-7;1-4-7-9(6-3)8-5-2;3*1-2/h5-11,13,15-16,21,23H,4,12,14H2,1-3H3;5-6H,1-4H3;4-5,7-8H,1,6H2,2-3H3;2H,1H3;2*1H2/b;;8-5-,9-7-;;;. The van der Waals surface area contributed by atoms with Gasteiger partial charge in [-0.1, -0.05) is 118 Å². The third-order valence-electron chi connectivity index (χ3n) is 7.84. The Morgan fingerprint density at radius 3 is 1.82 bits per heavy atom. The fraction of sp³-hybridized carbons (Fsp3) is 0.364. The molecule has 0 aliphatic rings. The summed E-state index contributed by atoms with van der Waals surface area (Å²) < 4.78 is 0. The zero-order chi connectivity index (χ0) is 39.1. The van der Waals surface area contributed by atoms with Crippen LogP contribution in [0.25, 0.3) is 11.1 Å². The molecule has 3 aromatic carbocycles. The monoisotopic (exact) mass is 685 g/mol. The summed E-state index contributed by atoms with van der Waals surface area (Å²) in [6, 6.07) is 21.0. The summed E-state index contributed by atoms with van der Waals surface area (Å²) in [6.07, 6.45) is 12.1. The number of hydrogen-bond donors (Lipinski definition) is 2. The van der Waals surface area contributed by atoms with Crippen LogP contribution in [0.4, 0.5) is 0 Å². The molecule has 3 rings (SSSR count). The molecule has 0 fully saturated rings. The van der Waals surface area contributed by atoms with Crippen LogP contribution in [-0.2, 0) is 32.0 Å². The maximum Gasteiger partial charge on any atom is 0.137 e. The van der Waals surface area contributed by atoms with E-state index >= 15 is 0 Å². The summed E-state index contributed by atoms with van der Waals surface area (Å²) in [6.45, 7) is 24.3. The van der Waals surface area contributed by atoms with Crippen molar-refractivity contribution in [1.82, 2.24) is 5.32 Å². The molecule has 2 unspecified atom stereocenters. The van der Waals surface area contributed by atoms with Crippen LogP contribution in [0.3, 0.4) is 0 Å². The Bertz CT molecular complexity index is 1400. The van der Waals surface area contributed by atoms with Gasteiger partial charge in [0, 0.05) is 19.4 Å². The molecule has 0 aliphatic heterocycles. The summed E-state index contributed by atoms with van der Waals surface area (Å²) in [4.78, 5) is 38.8. The lowest BCUT2D eigenvalue weighted by molar-refractivity contribution is -0.122. The number of benzene rings is 3. The quantitative estimate of drug-likeness (QED) is 0.146. The molecule has 6 nitrogen and oxygen atoms in total. The van der Waals surface area contributed by atoms with E-state index in [-0.39, 0.29) is 12.0 Å². The number of allylic oxidation sites excluding steroid dienone is 5. The average Bonchev–Trinajstić information content (AvgIpc) is 3.15. The first-order valence-electron chi connectivity index (χ1n) is 16.9. The zero-order valence-corrected chi connectivity index (χ0v) is 32.3. The Kier molecular flexibility index (Phi) is 31.6. The maximum atomic E-state index is 11.8. The van der Waals surface area contributed by atoms with Gasteiger partial charge < -0.3 is 24.8 Å². The Labute approximate surface area is 303 Å². The van der Waals surface area contributed by atoms with Crippen molar-refractivity contribution in [3.05, 3.63) is 131 Å². The number of rotatable bonds is 12. The molecular weight excluding hydrogens is 622 g/mol. The topological polar surface area (TPSA) is 101 Å². The molecule has 274 valence electrons. The van der Waals surface area contributed by atoms with Gasteiger partial charge in [0.05, 0.1) is 6.04 Å². The van der Waals surface area contributed by atoms with E-state index in [9.17, 15) is 9.59 Å². The number of nitrogens with one attached hydrogen (secondary N) is 1. The fourth-order valence-electron chi connectivity index (χ4n) is 4.91. The van der Waals surface area contributed by atoms with E-state index < -0.39 is 0 Å². The largest absolute Gasteiger partial charge is 0.400 e. The Morgan fingerprint density at radius 2 is 1.38 bits per heavy atom. The van der Waals surface area contributed by atoms with E-state index in [1.54, 1.807) is 7.05 Å². The smallest absolute Gasteiger partial charge is 0.137 e. The molecule has 6 heteroatoms. The van der Waals surface area contributed by atoms with Gasteiger partial charge in [-0.25, -0.2) is 0 Å². The van der Waals surface area contributed by atoms with Gasteiger partial charge in [-0.3, -0.25) is 4.79 Å². The predicted molar refractivity (Wildman–Crippen MR) is 214 cm³/mol. The number of carbonyl (C=O) groups is 4. The van der Waals surface area contributed by atoms with E-state index in [0.29, 0.717) is 18.6 Å². The first kappa shape index (κ1) is 49.9. The minimum atomic E-state index is -0.147. The van der Waals surface area contributed by atoms with Gasteiger partial charge in [0.2, 0.25) is 0 Å². The number of aliphatic hydroxyl groups is 1. The summed E-state index contributed by atoms with van der Waals surface area (Å²) in [7, 11) is 2.79. The second-order valence-corrected chi connectivity index (χ2v) is 11.4. The number of aryl methyl sites for hydroxylation is 3. The van der Waals surface area contributed by atoms with Crippen LogP contribution >= 0.6 is 0 Å². The summed E-state index contributed by atoms with van der Waals surface area (Å²) in [5.74, 6) is 0.369. The third-order valence-corrected chi connectivity index (χ3v) is 7.84. The Balaban J connectivity index is -0.000000727. The number of hydrogen-bond acceptors (Lipinski definition) is 6. The minimum Gasteiger partial charge on any atom is -0.400 e. The fourth-order valence-corrected chi connectivity index (χ4v) is 4.91. The van der Waals surface area contributed by atoms with Crippen molar-refractivity contribution in [3.63, 3.8) is 0 Å². The molecular formula is C44H63NO5. The maximum absolute atomic E-state index is 11.8. The van der Waals surface area contributed by atoms with Crippen LogP contribution in [0.15, 0.2) is 97.1 Å². The highest BCUT2D eigenvalue weighted by Gasteiger charge is 2.12. The number of aldehydes is 1.